The second kappa shape index (κ2) is 9.42. The van der Waals surface area contributed by atoms with E-state index in [1.807, 2.05) is 18.2 Å². The van der Waals surface area contributed by atoms with E-state index in [1.165, 1.54) is 16.6 Å². The Hall–Kier alpha value is -4.51. The quantitative estimate of drug-likeness (QED) is 0.393. The lowest BCUT2D eigenvalue weighted by Gasteiger charge is -2.34. The Bertz CT molecular complexity index is 1600. The molecule has 1 fully saturated rings. The summed E-state index contributed by atoms with van der Waals surface area (Å²) >= 11 is 0. The maximum atomic E-state index is 13.2. The van der Waals surface area contributed by atoms with Crippen LogP contribution < -0.4 is 15.8 Å². The van der Waals surface area contributed by atoms with E-state index in [0.29, 0.717) is 35.0 Å². The molecule has 1 N–H and O–H groups in total. The third kappa shape index (κ3) is 4.10. The fraction of sp³-hybridized carbons (Fsp3) is 0.296. The molecular weight excluding hydrogens is 482 g/mol. The number of benzene rings is 1. The minimum absolute atomic E-state index is 0.145. The average molecular weight is 512 g/mol. The lowest BCUT2D eigenvalue weighted by atomic mass is 10.2. The minimum atomic E-state index is -0.256. The van der Waals surface area contributed by atoms with Crippen LogP contribution in [-0.4, -0.2) is 80.3 Å². The predicted molar refractivity (Wildman–Crippen MR) is 146 cm³/mol. The molecule has 5 heterocycles. The first-order chi connectivity index (χ1) is 18.4. The summed E-state index contributed by atoms with van der Waals surface area (Å²) in [7, 11) is 3.88. The van der Waals surface area contributed by atoms with Crippen LogP contribution in [0, 0.1) is 0 Å². The van der Waals surface area contributed by atoms with Crippen molar-refractivity contribution in [2.75, 3.05) is 50.5 Å². The van der Waals surface area contributed by atoms with Gasteiger partial charge in [0.2, 0.25) is 5.95 Å². The number of allylic oxidation sites excluding steroid dienone is 1. The number of pyridine rings is 1. The number of nitrogens with zero attached hydrogens (tertiary/aromatic N) is 8. The summed E-state index contributed by atoms with van der Waals surface area (Å²) in [4.78, 5) is 45.8. The summed E-state index contributed by atoms with van der Waals surface area (Å²) in [6, 6.07) is 11.9. The van der Waals surface area contributed by atoms with Gasteiger partial charge in [0.15, 0.2) is 11.5 Å². The van der Waals surface area contributed by atoms with E-state index in [-0.39, 0.29) is 18.0 Å². The third-order valence-corrected chi connectivity index (χ3v) is 7.11. The highest BCUT2D eigenvalue weighted by molar-refractivity contribution is 5.96. The van der Waals surface area contributed by atoms with Crippen molar-refractivity contribution in [1.29, 1.82) is 0 Å². The third-order valence-electron chi connectivity index (χ3n) is 7.11. The zero-order valence-electron chi connectivity index (χ0n) is 21.5. The number of piperazine rings is 1. The van der Waals surface area contributed by atoms with Crippen LogP contribution in [0.15, 0.2) is 60.0 Å². The second-order valence-corrected chi connectivity index (χ2v) is 9.72. The highest BCUT2D eigenvalue weighted by Crippen LogP contribution is 2.24. The van der Waals surface area contributed by atoms with Gasteiger partial charge in [-0.15, -0.1) is 6.58 Å². The van der Waals surface area contributed by atoms with Gasteiger partial charge in [0, 0.05) is 62.9 Å². The zero-order chi connectivity index (χ0) is 26.4. The molecule has 0 atom stereocenters. The van der Waals surface area contributed by atoms with E-state index in [0.717, 1.165) is 37.4 Å². The number of carbonyl (C=O) groups excluding carboxylic acids is 1. The Morgan fingerprint density at radius 2 is 1.76 bits per heavy atom. The molecule has 1 saturated heterocycles. The zero-order valence-corrected chi connectivity index (χ0v) is 21.5. The molecule has 1 aromatic carbocycles. The highest BCUT2D eigenvalue weighted by atomic mass is 16.2. The van der Waals surface area contributed by atoms with E-state index >= 15 is 0 Å². The number of hydrogen-bond donors (Lipinski definition) is 1. The monoisotopic (exact) mass is 511 g/mol. The van der Waals surface area contributed by atoms with E-state index < -0.39 is 0 Å². The summed E-state index contributed by atoms with van der Waals surface area (Å²) in [5.41, 5.74) is 3.40. The minimum Gasteiger partial charge on any atom is -0.369 e. The largest absolute Gasteiger partial charge is 0.369 e. The fourth-order valence-electron chi connectivity index (χ4n) is 4.97. The van der Waals surface area contributed by atoms with Crippen LogP contribution in [0.2, 0.25) is 0 Å². The van der Waals surface area contributed by atoms with E-state index in [1.54, 1.807) is 28.8 Å². The lowest BCUT2D eigenvalue weighted by molar-refractivity contribution is 0.0812. The first-order valence-electron chi connectivity index (χ1n) is 12.6. The van der Waals surface area contributed by atoms with Crippen LogP contribution in [0.5, 0.6) is 0 Å². The molecule has 0 radical (unpaired) electrons. The van der Waals surface area contributed by atoms with Gasteiger partial charge in [0.05, 0.1) is 6.54 Å². The number of aromatic nitrogens is 5. The number of likely N-dealkylation sites (N-methyl/N-ethyl adjacent to an activating group) is 1. The fourth-order valence-corrected chi connectivity index (χ4v) is 4.97. The molecule has 3 aromatic heterocycles. The van der Waals surface area contributed by atoms with Crippen LogP contribution in [0.25, 0.3) is 16.9 Å². The summed E-state index contributed by atoms with van der Waals surface area (Å²) < 4.78 is 3.13. The SMILES string of the molecule is C=CCn1c(=O)c2cnc(Nc3ccc(N4CCN(C)CC4)cc3)nc2n1-c1ccc2c(n1)C(=O)N(C)C2. The van der Waals surface area contributed by atoms with Gasteiger partial charge < -0.3 is 20.0 Å². The molecule has 0 saturated carbocycles. The topological polar surface area (TPSA) is 104 Å². The van der Waals surface area contributed by atoms with Crippen LogP contribution in [0.4, 0.5) is 17.3 Å². The first-order valence-corrected chi connectivity index (χ1v) is 12.6. The van der Waals surface area contributed by atoms with E-state index in [4.69, 9.17) is 4.98 Å². The normalized spacial score (nSPS) is 15.8. The van der Waals surface area contributed by atoms with Crippen molar-refractivity contribution in [2.24, 2.45) is 0 Å². The Balaban J connectivity index is 1.35. The molecule has 0 spiro atoms. The molecule has 194 valence electrons. The molecule has 11 heteroatoms. The number of anilines is 3. The Labute approximate surface area is 219 Å². The van der Waals surface area contributed by atoms with Crippen molar-refractivity contribution >= 4 is 34.3 Å². The summed E-state index contributed by atoms with van der Waals surface area (Å²) in [5.74, 6) is 0.641. The van der Waals surface area contributed by atoms with Crippen LogP contribution in [0.3, 0.4) is 0 Å². The van der Waals surface area contributed by atoms with Gasteiger partial charge in [0.25, 0.3) is 11.5 Å². The van der Waals surface area contributed by atoms with Gasteiger partial charge >= 0.3 is 0 Å². The van der Waals surface area contributed by atoms with Crippen molar-refractivity contribution in [1.82, 2.24) is 34.1 Å². The molecule has 6 rings (SSSR count). The van der Waals surface area contributed by atoms with Gasteiger partial charge in [0.1, 0.15) is 11.1 Å². The Morgan fingerprint density at radius 3 is 2.50 bits per heavy atom. The maximum absolute atomic E-state index is 13.2. The van der Waals surface area contributed by atoms with Crippen LogP contribution in [-0.2, 0) is 13.1 Å². The molecule has 11 nitrogen and oxygen atoms in total. The molecule has 38 heavy (non-hydrogen) atoms. The van der Waals surface area contributed by atoms with Crippen LogP contribution >= 0.6 is 0 Å². The number of amides is 1. The van der Waals surface area contributed by atoms with Gasteiger partial charge in [-0.25, -0.2) is 19.3 Å². The maximum Gasteiger partial charge on any atom is 0.278 e. The van der Waals surface area contributed by atoms with E-state index in [2.05, 4.69) is 50.8 Å². The molecule has 4 aromatic rings. The van der Waals surface area contributed by atoms with Gasteiger partial charge in [-0.05, 0) is 37.4 Å². The molecule has 2 aliphatic heterocycles. The Kier molecular flexibility index (Phi) is 5.91. The molecule has 0 bridgehead atoms. The average Bonchev–Trinajstić information content (AvgIpc) is 3.36. The first kappa shape index (κ1) is 23.9. The van der Waals surface area contributed by atoms with Gasteiger partial charge in [-0.3, -0.25) is 9.59 Å². The molecule has 2 aliphatic rings. The number of fused-ring (bicyclic) bond motifs is 2. The smallest absolute Gasteiger partial charge is 0.278 e. The number of hydrogen-bond acceptors (Lipinski definition) is 8. The van der Waals surface area contributed by atoms with Crippen molar-refractivity contribution in [2.45, 2.75) is 13.1 Å². The molecule has 1 amide bonds. The van der Waals surface area contributed by atoms with Crippen molar-refractivity contribution in [3.8, 4) is 5.82 Å². The van der Waals surface area contributed by atoms with Crippen molar-refractivity contribution in [3.63, 3.8) is 0 Å². The van der Waals surface area contributed by atoms with Crippen LogP contribution in [0.1, 0.15) is 16.1 Å². The lowest BCUT2D eigenvalue weighted by Crippen LogP contribution is -2.44. The van der Waals surface area contributed by atoms with Crippen molar-refractivity contribution < 1.29 is 4.79 Å². The number of nitrogens with one attached hydrogen (secondary N) is 1. The van der Waals surface area contributed by atoms with Gasteiger partial charge in [-0.1, -0.05) is 12.1 Å². The molecule has 0 unspecified atom stereocenters. The summed E-state index contributed by atoms with van der Waals surface area (Å²) in [5, 5.41) is 3.61. The van der Waals surface area contributed by atoms with Crippen molar-refractivity contribution in [3.05, 3.63) is 76.9 Å². The number of rotatable bonds is 6. The highest BCUT2D eigenvalue weighted by Gasteiger charge is 2.27. The molecular formula is C27H29N9O2. The standard InChI is InChI=1S/C27H29N9O2/c1-4-11-35-25(37)21-16-28-27(29-19-6-8-20(9-7-19)34-14-12-32(2)13-15-34)31-24(21)36(35)22-10-5-18-17-33(3)26(38)23(18)30-22/h4-10,16H,1,11-15,17H2,2-3H3,(H,28,29,31). The summed E-state index contributed by atoms with van der Waals surface area (Å²) in [6.45, 7) is 8.65. The predicted octanol–water partition coefficient (Wildman–Crippen LogP) is 2.24. The summed E-state index contributed by atoms with van der Waals surface area (Å²) in [6.07, 6.45) is 3.16. The Morgan fingerprint density at radius 1 is 1.00 bits per heavy atom. The number of carbonyl (C=O) groups is 1. The van der Waals surface area contributed by atoms with E-state index in [9.17, 15) is 9.59 Å². The molecule has 0 aliphatic carbocycles. The van der Waals surface area contributed by atoms with Gasteiger partial charge in [-0.2, -0.15) is 4.98 Å². The second-order valence-electron chi connectivity index (χ2n) is 9.72.